The van der Waals surface area contributed by atoms with Gasteiger partial charge < -0.3 is 10.0 Å². The summed E-state index contributed by atoms with van der Waals surface area (Å²) in [6, 6.07) is 2.09. The van der Waals surface area contributed by atoms with Crippen molar-refractivity contribution in [2.75, 3.05) is 19.6 Å². The van der Waals surface area contributed by atoms with Crippen LogP contribution in [0.5, 0.6) is 0 Å². The second kappa shape index (κ2) is 6.99. The molecule has 0 fully saturated rings. The van der Waals surface area contributed by atoms with E-state index in [9.17, 15) is 5.11 Å². The summed E-state index contributed by atoms with van der Waals surface area (Å²) in [6.45, 7) is 7.46. The van der Waals surface area contributed by atoms with Crippen molar-refractivity contribution in [3.05, 3.63) is 22.4 Å². The molecule has 1 aromatic rings. The summed E-state index contributed by atoms with van der Waals surface area (Å²) in [5, 5.41) is 14.0. The van der Waals surface area contributed by atoms with Gasteiger partial charge in [-0.15, -0.1) is 0 Å². The molecule has 0 aromatic carbocycles. The van der Waals surface area contributed by atoms with Gasteiger partial charge in [-0.3, -0.25) is 0 Å². The van der Waals surface area contributed by atoms with E-state index in [2.05, 4.69) is 35.6 Å². The fraction of sp³-hybridized carbons (Fsp3) is 0.667. The van der Waals surface area contributed by atoms with Gasteiger partial charge in [0.15, 0.2) is 0 Å². The molecule has 0 aliphatic rings. The van der Waals surface area contributed by atoms with Crippen LogP contribution in [0.2, 0.25) is 0 Å². The maximum Gasteiger partial charge on any atom is 0.0593 e. The highest BCUT2D eigenvalue weighted by molar-refractivity contribution is 7.07. The molecule has 1 aromatic heterocycles. The smallest absolute Gasteiger partial charge is 0.0593 e. The van der Waals surface area contributed by atoms with E-state index in [1.807, 2.05) is 0 Å². The number of aliphatic hydroxyl groups is 1. The van der Waals surface area contributed by atoms with E-state index < -0.39 is 0 Å². The molecule has 0 radical (unpaired) electrons. The van der Waals surface area contributed by atoms with E-state index in [4.69, 9.17) is 0 Å². The molecule has 1 unspecified atom stereocenters. The molecule has 3 heteroatoms. The van der Waals surface area contributed by atoms with E-state index in [0.29, 0.717) is 0 Å². The summed E-state index contributed by atoms with van der Waals surface area (Å²) >= 11 is 1.69. The van der Waals surface area contributed by atoms with Crippen molar-refractivity contribution in [2.24, 2.45) is 0 Å². The van der Waals surface area contributed by atoms with E-state index in [1.54, 1.807) is 11.3 Å². The first-order valence-corrected chi connectivity index (χ1v) is 6.62. The Balaban J connectivity index is 2.21. The van der Waals surface area contributed by atoms with Gasteiger partial charge in [0.2, 0.25) is 0 Å². The lowest BCUT2D eigenvalue weighted by atomic mass is 10.1. The van der Waals surface area contributed by atoms with Crippen LogP contribution >= 0.6 is 11.3 Å². The van der Waals surface area contributed by atoms with Crippen LogP contribution in [0.4, 0.5) is 0 Å². The topological polar surface area (TPSA) is 23.5 Å². The molecule has 1 heterocycles. The SMILES string of the molecule is CCN(CC)CCC(O)Cc1ccsc1. The third-order valence-electron chi connectivity index (χ3n) is 2.72. The van der Waals surface area contributed by atoms with Crippen molar-refractivity contribution in [1.82, 2.24) is 4.90 Å². The molecule has 1 rings (SSSR count). The number of hydrogen-bond donors (Lipinski definition) is 1. The number of rotatable bonds is 7. The summed E-state index contributed by atoms with van der Waals surface area (Å²) in [5.41, 5.74) is 1.26. The van der Waals surface area contributed by atoms with E-state index in [0.717, 1.165) is 32.5 Å². The normalized spacial score (nSPS) is 13.3. The molecule has 0 saturated carbocycles. The fourth-order valence-electron chi connectivity index (χ4n) is 1.65. The standard InChI is InChI=1S/C12H21NOS/c1-3-13(4-2)7-5-12(14)9-11-6-8-15-10-11/h6,8,10,12,14H,3-5,7,9H2,1-2H3. The Morgan fingerprint density at radius 2 is 2.13 bits per heavy atom. The minimum atomic E-state index is -0.194. The predicted molar refractivity (Wildman–Crippen MR) is 66.4 cm³/mol. The lowest BCUT2D eigenvalue weighted by Crippen LogP contribution is -2.27. The molecule has 0 aliphatic carbocycles. The second-order valence-corrected chi connectivity index (χ2v) is 4.59. The molecule has 0 aliphatic heterocycles. The Bertz CT molecular complexity index is 244. The van der Waals surface area contributed by atoms with E-state index in [1.165, 1.54) is 5.56 Å². The average Bonchev–Trinajstić information content (AvgIpc) is 2.72. The van der Waals surface area contributed by atoms with E-state index >= 15 is 0 Å². The van der Waals surface area contributed by atoms with E-state index in [-0.39, 0.29) is 6.10 Å². The lowest BCUT2D eigenvalue weighted by Gasteiger charge is -2.19. The summed E-state index contributed by atoms with van der Waals surface area (Å²) in [5.74, 6) is 0. The van der Waals surface area contributed by atoms with Gasteiger partial charge >= 0.3 is 0 Å². The van der Waals surface area contributed by atoms with Crippen molar-refractivity contribution in [1.29, 1.82) is 0 Å². The molecule has 15 heavy (non-hydrogen) atoms. The number of hydrogen-bond acceptors (Lipinski definition) is 3. The summed E-state index contributed by atoms with van der Waals surface area (Å²) in [6.07, 6.45) is 1.47. The lowest BCUT2D eigenvalue weighted by molar-refractivity contribution is 0.144. The highest BCUT2D eigenvalue weighted by Gasteiger charge is 2.07. The summed E-state index contributed by atoms with van der Waals surface area (Å²) in [7, 11) is 0. The molecule has 86 valence electrons. The molecular formula is C12H21NOS. The minimum Gasteiger partial charge on any atom is -0.393 e. The highest BCUT2D eigenvalue weighted by Crippen LogP contribution is 2.10. The molecule has 1 atom stereocenters. The Labute approximate surface area is 96.5 Å². The van der Waals surface area contributed by atoms with Gasteiger partial charge in [0.25, 0.3) is 0 Å². The maximum absolute atomic E-state index is 9.84. The Kier molecular flexibility index (Phi) is 5.91. The van der Waals surface area contributed by atoms with Crippen molar-refractivity contribution in [2.45, 2.75) is 32.8 Å². The van der Waals surface area contributed by atoms with Crippen LogP contribution in [0, 0.1) is 0 Å². The quantitative estimate of drug-likeness (QED) is 0.773. The molecule has 0 spiro atoms. The Hall–Kier alpha value is -0.380. The molecule has 0 amide bonds. The van der Waals surface area contributed by atoms with Gasteiger partial charge in [-0.2, -0.15) is 11.3 Å². The van der Waals surface area contributed by atoms with Crippen molar-refractivity contribution >= 4 is 11.3 Å². The molecule has 0 bridgehead atoms. The van der Waals surface area contributed by atoms with Crippen LogP contribution in [0.3, 0.4) is 0 Å². The van der Waals surface area contributed by atoms with Crippen LogP contribution in [-0.4, -0.2) is 35.7 Å². The molecular weight excluding hydrogens is 206 g/mol. The zero-order valence-electron chi connectivity index (χ0n) is 9.65. The third kappa shape index (κ3) is 4.78. The average molecular weight is 227 g/mol. The third-order valence-corrected chi connectivity index (χ3v) is 3.46. The van der Waals surface area contributed by atoms with Crippen LogP contribution in [0.25, 0.3) is 0 Å². The predicted octanol–water partition coefficient (Wildman–Crippen LogP) is 2.38. The zero-order chi connectivity index (χ0) is 11.1. The Morgan fingerprint density at radius 3 is 2.67 bits per heavy atom. The fourth-order valence-corrected chi connectivity index (χ4v) is 2.34. The molecule has 1 N–H and O–H groups in total. The first-order valence-electron chi connectivity index (χ1n) is 5.67. The van der Waals surface area contributed by atoms with Gasteiger partial charge in [-0.05, 0) is 48.3 Å². The van der Waals surface area contributed by atoms with Gasteiger partial charge in [0, 0.05) is 6.54 Å². The highest BCUT2D eigenvalue weighted by atomic mass is 32.1. The number of nitrogens with zero attached hydrogens (tertiary/aromatic N) is 1. The van der Waals surface area contributed by atoms with Crippen LogP contribution in [0.1, 0.15) is 25.8 Å². The van der Waals surface area contributed by atoms with Gasteiger partial charge in [0.1, 0.15) is 0 Å². The van der Waals surface area contributed by atoms with Crippen LogP contribution in [-0.2, 0) is 6.42 Å². The molecule has 0 saturated heterocycles. The number of aliphatic hydroxyl groups excluding tert-OH is 1. The van der Waals surface area contributed by atoms with Crippen molar-refractivity contribution in [3.63, 3.8) is 0 Å². The summed E-state index contributed by atoms with van der Waals surface area (Å²) < 4.78 is 0. The van der Waals surface area contributed by atoms with Gasteiger partial charge in [0.05, 0.1) is 6.10 Å². The largest absolute Gasteiger partial charge is 0.393 e. The van der Waals surface area contributed by atoms with Gasteiger partial charge in [-0.25, -0.2) is 0 Å². The maximum atomic E-state index is 9.84. The zero-order valence-corrected chi connectivity index (χ0v) is 10.5. The van der Waals surface area contributed by atoms with Crippen LogP contribution in [0.15, 0.2) is 16.8 Å². The van der Waals surface area contributed by atoms with Gasteiger partial charge in [-0.1, -0.05) is 13.8 Å². The first-order chi connectivity index (χ1) is 7.26. The Morgan fingerprint density at radius 1 is 1.40 bits per heavy atom. The monoisotopic (exact) mass is 227 g/mol. The van der Waals surface area contributed by atoms with Crippen molar-refractivity contribution < 1.29 is 5.11 Å². The van der Waals surface area contributed by atoms with Crippen molar-refractivity contribution in [3.8, 4) is 0 Å². The first kappa shape index (κ1) is 12.7. The molecule has 2 nitrogen and oxygen atoms in total. The summed E-state index contributed by atoms with van der Waals surface area (Å²) in [4.78, 5) is 2.34. The number of thiophene rings is 1. The van der Waals surface area contributed by atoms with Crippen LogP contribution < -0.4 is 0 Å². The minimum absolute atomic E-state index is 0.194. The second-order valence-electron chi connectivity index (χ2n) is 3.81.